The lowest BCUT2D eigenvalue weighted by Crippen LogP contribution is -2.46. The Morgan fingerprint density at radius 1 is 1.36 bits per heavy atom. The summed E-state index contributed by atoms with van der Waals surface area (Å²) >= 11 is 6.61. The summed E-state index contributed by atoms with van der Waals surface area (Å²) in [4.78, 5) is 29.3. The van der Waals surface area contributed by atoms with Crippen LogP contribution in [0, 0.1) is 11.6 Å². The van der Waals surface area contributed by atoms with Gasteiger partial charge < -0.3 is 9.84 Å². The number of fused-ring (bicyclic) bond motifs is 2. The van der Waals surface area contributed by atoms with Gasteiger partial charge in [0, 0.05) is 0 Å². The molecule has 144 valence electrons. The highest BCUT2D eigenvalue weighted by molar-refractivity contribution is 7.18. The van der Waals surface area contributed by atoms with Crippen molar-refractivity contribution in [1.29, 1.82) is 0 Å². The molecule has 1 atom stereocenters. The number of rotatable bonds is 4. The molecule has 0 fully saturated rings. The second kappa shape index (κ2) is 6.99. The minimum Gasteiger partial charge on any atom is -0.481 e. The number of anilines is 1. The van der Waals surface area contributed by atoms with E-state index in [1.807, 2.05) is 0 Å². The summed E-state index contributed by atoms with van der Waals surface area (Å²) in [5.41, 5.74) is 0.362. The number of carbonyl (C=O) groups is 2. The number of halogens is 3. The molecule has 0 aliphatic carbocycles. The zero-order valence-corrected chi connectivity index (χ0v) is 15.6. The fourth-order valence-corrected chi connectivity index (χ4v) is 4.07. The Balaban J connectivity index is 1.73. The molecule has 1 aromatic heterocycles. The van der Waals surface area contributed by atoms with E-state index in [-0.39, 0.29) is 16.8 Å². The number of carbonyl (C=O) groups excluding carboxylic acids is 1. The second-order valence-electron chi connectivity index (χ2n) is 6.04. The molecule has 1 aliphatic rings. The molecule has 4 rings (SSSR count). The quantitative estimate of drug-likeness (QED) is 0.640. The molecule has 1 aliphatic heterocycles. The molecule has 2 heterocycles. The monoisotopic (exact) mass is 424 g/mol. The number of benzene rings is 2. The first kappa shape index (κ1) is 18.6. The number of ether oxygens (including phenoxy) is 1. The molecule has 0 saturated heterocycles. The number of amides is 1. The third kappa shape index (κ3) is 3.16. The van der Waals surface area contributed by atoms with E-state index in [4.69, 9.17) is 21.4 Å². The normalized spacial score (nSPS) is 16.2. The van der Waals surface area contributed by atoms with Crippen LogP contribution in [0.1, 0.15) is 11.4 Å². The zero-order valence-electron chi connectivity index (χ0n) is 14.0. The molecular weight excluding hydrogens is 414 g/mol. The maximum absolute atomic E-state index is 14.2. The van der Waals surface area contributed by atoms with Gasteiger partial charge >= 0.3 is 5.97 Å². The Morgan fingerprint density at radius 3 is 2.86 bits per heavy atom. The van der Waals surface area contributed by atoms with Gasteiger partial charge in [0.05, 0.1) is 23.4 Å². The van der Waals surface area contributed by atoms with Crippen molar-refractivity contribution in [2.75, 3.05) is 4.90 Å². The molecule has 0 radical (unpaired) electrons. The van der Waals surface area contributed by atoms with Crippen LogP contribution in [0.3, 0.4) is 0 Å². The van der Waals surface area contributed by atoms with Crippen LogP contribution in [0.5, 0.6) is 5.75 Å². The minimum atomic E-state index is -1.19. The lowest BCUT2D eigenvalue weighted by molar-refractivity contribution is -0.142. The first-order valence-corrected chi connectivity index (χ1v) is 9.26. The second-order valence-corrected chi connectivity index (χ2v) is 7.53. The number of carboxylic acids is 1. The Bertz CT molecular complexity index is 1120. The number of thiazole rings is 1. The molecule has 10 heteroatoms. The van der Waals surface area contributed by atoms with Crippen LogP contribution >= 0.6 is 22.9 Å². The van der Waals surface area contributed by atoms with Crippen LogP contribution in [-0.4, -0.2) is 28.1 Å². The molecule has 0 spiro atoms. The van der Waals surface area contributed by atoms with Gasteiger partial charge in [0.2, 0.25) is 0 Å². The Labute approximate surface area is 165 Å². The number of carboxylic acid groups (broad SMARTS) is 1. The zero-order chi connectivity index (χ0) is 20.0. The van der Waals surface area contributed by atoms with Gasteiger partial charge in [-0.15, -0.1) is 11.3 Å². The molecule has 1 unspecified atom stereocenters. The number of aromatic nitrogens is 1. The summed E-state index contributed by atoms with van der Waals surface area (Å²) in [6.45, 7) is -0.0483. The fourth-order valence-electron chi connectivity index (χ4n) is 2.95. The van der Waals surface area contributed by atoms with Crippen molar-refractivity contribution in [2.45, 2.75) is 19.1 Å². The maximum atomic E-state index is 14.2. The number of nitrogens with zero attached hydrogens (tertiary/aromatic N) is 2. The van der Waals surface area contributed by atoms with E-state index in [2.05, 4.69) is 4.98 Å². The van der Waals surface area contributed by atoms with Gasteiger partial charge in [0.15, 0.2) is 11.9 Å². The third-order valence-corrected chi connectivity index (χ3v) is 5.52. The molecular formula is C18H11ClF2N2O4S. The summed E-state index contributed by atoms with van der Waals surface area (Å²) in [5.74, 6) is -3.22. The Morgan fingerprint density at radius 2 is 2.11 bits per heavy atom. The molecule has 2 aromatic carbocycles. The molecule has 0 bridgehead atoms. The van der Waals surface area contributed by atoms with E-state index in [0.717, 1.165) is 17.4 Å². The first-order valence-electron chi connectivity index (χ1n) is 8.07. The summed E-state index contributed by atoms with van der Waals surface area (Å²) < 4.78 is 33.6. The summed E-state index contributed by atoms with van der Waals surface area (Å²) in [7, 11) is 0. The van der Waals surface area contributed by atoms with E-state index < -0.39 is 41.1 Å². The van der Waals surface area contributed by atoms with E-state index in [0.29, 0.717) is 16.4 Å². The van der Waals surface area contributed by atoms with Gasteiger partial charge in [0.1, 0.15) is 27.1 Å². The number of hydrogen-bond donors (Lipinski definition) is 1. The van der Waals surface area contributed by atoms with Crippen LogP contribution in [0.2, 0.25) is 5.02 Å². The summed E-state index contributed by atoms with van der Waals surface area (Å²) in [6.07, 6.45) is -1.69. The predicted octanol–water partition coefficient (Wildman–Crippen LogP) is 4.00. The lowest BCUT2D eigenvalue weighted by Gasteiger charge is -2.33. The molecule has 3 aromatic rings. The first-order chi connectivity index (χ1) is 13.3. The van der Waals surface area contributed by atoms with Crippen molar-refractivity contribution in [3.63, 3.8) is 0 Å². The van der Waals surface area contributed by atoms with Crippen LogP contribution in [-0.2, 0) is 16.1 Å². The average molecular weight is 425 g/mol. The van der Waals surface area contributed by atoms with Crippen LogP contribution in [0.25, 0.3) is 10.2 Å². The van der Waals surface area contributed by atoms with Crippen LogP contribution < -0.4 is 9.64 Å². The smallest absolute Gasteiger partial charge is 0.307 e. The van der Waals surface area contributed by atoms with Gasteiger partial charge in [-0.2, -0.15) is 0 Å². The molecule has 28 heavy (non-hydrogen) atoms. The van der Waals surface area contributed by atoms with Crippen molar-refractivity contribution < 1.29 is 28.2 Å². The van der Waals surface area contributed by atoms with Crippen molar-refractivity contribution in [2.24, 2.45) is 0 Å². The average Bonchev–Trinajstić information content (AvgIpc) is 3.05. The maximum Gasteiger partial charge on any atom is 0.307 e. The van der Waals surface area contributed by atoms with E-state index in [1.165, 1.54) is 4.90 Å². The van der Waals surface area contributed by atoms with Gasteiger partial charge in [-0.25, -0.2) is 13.8 Å². The van der Waals surface area contributed by atoms with Crippen molar-refractivity contribution >= 4 is 50.7 Å². The number of hydrogen-bond acceptors (Lipinski definition) is 5. The lowest BCUT2D eigenvalue weighted by atomic mass is 10.1. The highest BCUT2D eigenvalue weighted by atomic mass is 35.5. The van der Waals surface area contributed by atoms with Crippen molar-refractivity contribution in [1.82, 2.24) is 4.98 Å². The highest BCUT2D eigenvalue weighted by Gasteiger charge is 2.36. The topological polar surface area (TPSA) is 79.7 Å². The summed E-state index contributed by atoms with van der Waals surface area (Å²) in [5, 5.41) is 8.74. The van der Waals surface area contributed by atoms with Gasteiger partial charge in [-0.3, -0.25) is 14.5 Å². The van der Waals surface area contributed by atoms with Crippen molar-refractivity contribution in [3.05, 3.63) is 52.0 Å². The minimum absolute atomic E-state index is 0.0483. The summed E-state index contributed by atoms with van der Waals surface area (Å²) in [6, 6.07) is 7.76. The number of para-hydroxylation sites is 2. The standard InChI is InChI=1S/C18H11ClF2N2O4S/c19-15-8(20)5-12-17(16(15)21)22-13(28-12)7-23-9-3-1-2-4-10(9)27-11(18(23)26)6-14(24)25/h1-5,11H,6-7H2,(H,24,25). The molecule has 1 N–H and O–H groups in total. The van der Waals surface area contributed by atoms with E-state index >= 15 is 0 Å². The third-order valence-electron chi connectivity index (χ3n) is 4.19. The van der Waals surface area contributed by atoms with Gasteiger partial charge in [-0.1, -0.05) is 23.7 Å². The molecule has 6 nitrogen and oxygen atoms in total. The van der Waals surface area contributed by atoms with E-state index in [1.54, 1.807) is 24.3 Å². The van der Waals surface area contributed by atoms with Crippen molar-refractivity contribution in [3.8, 4) is 5.75 Å². The SMILES string of the molecule is O=C(O)CC1Oc2ccccc2N(Cc2nc3c(F)c(Cl)c(F)cc3s2)C1=O. The Hall–Kier alpha value is -2.78. The molecule has 1 amide bonds. The van der Waals surface area contributed by atoms with Gasteiger partial charge in [-0.05, 0) is 18.2 Å². The fraction of sp³-hybridized carbons (Fsp3) is 0.167. The van der Waals surface area contributed by atoms with Crippen LogP contribution in [0.15, 0.2) is 30.3 Å². The van der Waals surface area contributed by atoms with Crippen LogP contribution in [0.4, 0.5) is 14.5 Å². The molecule has 0 saturated carbocycles. The van der Waals surface area contributed by atoms with E-state index in [9.17, 15) is 18.4 Å². The highest BCUT2D eigenvalue weighted by Crippen LogP contribution is 2.37. The Kier molecular flexibility index (Phi) is 4.64. The van der Waals surface area contributed by atoms with Gasteiger partial charge in [0.25, 0.3) is 5.91 Å². The largest absolute Gasteiger partial charge is 0.481 e. The predicted molar refractivity (Wildman–Crippen MR) is 98.8 cm³/mol. The number of aliphatic carboxylic acids is 1.